The molecule has 0 aromatic heterocycles. The molecule has 2 rings (SSSR count). The summed E-state index contributed by atoms with van der Waals surface area (Å²) in [7, 11) is 0. The van der Waals surface area contributed by atoms with E-state index in [1.807, 2.05) is 0 Å². The van der Waals surface area contributed by atoms with Crippen LogP contribution in [0.1, 0.15) is 23.2 Å². The van der Waals surface area contributed by atoms with Gasteiger partial charge in [0.05, 0.1) is 6.04 Å². The summed E-state index contributed by atoms with van der Waals surface area (Å²) in [4.78, 5) is 11.9. The van der Waals surface area contributed by atoms with Crippen molar-refractivity contribution in [2.75, 3.05) is 12.3 Å². The maximum absolute atomic E-state index is 11.9. The van der Waals surface area contributed by atoms with Crippen molar-refractivity contribution >= 4 is 11.5 Å². The minimum atomic E-state index is 0.0126. The molecule has 0 saturated carbocycles. The van der Waals surface area contributed by atoms with Crippen LogP contribution < -0.4 is 11.1 Å². The van der Waals surface area contributed by atoms with E-state index in [0.29, 0.717) is 5.69 Å². The quantitative estimate of drug-likeness (QED) is 0.544. The van der Waals surface area contributed by atoms with Crippen molar-refractivity contribution in [1.82, 2.24) is 5.32 Å². The molecule has 1 aromatic carbocycles. The lowest BCUT2D eigenvalue weighted by atomic mass is 10.0. The number of rotatable bonds is 2. The second kappa shape index (κ2) is 3.80. The molecule has 0 aliphatic carbocycles. The Kier molecular flexibility index (Phi) is 2.50. The maximum atomic E-state index is 11.9. The monoisotopic (exact) mass is 190 g/mol. The van der Waals surface area contributed by atoms with Crippen molar-refractivity contribution in [1.29, 1.82) is 0 Å². The van der Waals surface area contributed by atoms with Gasteiger partial charge in [-0.3, -0.25) is 4.79 Å². The largest absolute Gasteiger partial charge is 0.399 e. The number of nitrogens with one attached hydrogen (secondary N) is 1. The van der Waals surface area contributed by atoms with E-state index in [9.17, 15) is 4.79 Å². The fraction of sp³-hybridized carbons (Fsp3) is 0.364. The first kappa shape index (κ1) is 9.21. The van der Waals surface area contributed by atoms with Crippen LogP contribution in [0.15, 0.2) is 24.3 Å². The molecule has 3 nitrogen and oxygen atoms in total. The Balaban J connectivity index is 2.14. The molecular weight excluding hydrogens is 176 g/mol. The number of nitrogens with two attached hydrogens (primary N) is 1. The Labute approximate surface area is 83.3 Å². The number of carbonyl (C=O) groups excluding carboxylic acids is 1. The highest BCUT2D eigenvalue weighted by Crippen LogP contribution is 2.13. The molecule has 1 heterocycles. The summed E-state index contributed by atoms with van der Waals surface area (Å²) in [5.41, 5.74) is 7.00. The van der Waals surface area contributed by atoms with Crippen LogP contribution in [-0.4, -0.2) is 18.4 Å². The topological polar surface area (TPSA) is 55.1 Å². The highest BCUT2D eigenvalue weighted by molar-refractivity contribution is 6.00. The lowest BCUT2D eigenvalue weighted by Gasteiger charge is -2.08. The number of carbonyl (C=O) groups is 1. The molecule has 3 heteroatoms. The summed E-state index contributed by atoms with van der Waals surface area (Å²) in [6.45, 7) is 0.950. The van der Waals surface area contributed by atoms with E-state index in [4.69, 9.17) is 5.73 Å². The van der Waals surface area contributed by atoms with Crippen LogP contribution in [0.4, 0.5) is 5.69 Å². The predicted molar refractivity (Wildman–Crippen MR) is 56.2 cm³/mol. The standard InChI is InChI=1S/C11H14N2O/c12-9-5-3-8(4-6-9)11(14)10-2-1-7-13-10/h3-6,10,13H,1-2,7,12H2. The Bertz CT molecular complexity index is 326. The summed E-state index contributed by atoms with van der Waals surface area (Å²) in [5, 5.41) is 3.19. The summed E-state index contributed by atoms with van der Waals surface area (Å²) < 4.78 is 0. The maximum Gasteiger partial charge on any atom is 0.179 e. The number of nitrogen functional groups attached to an aromatic ring is 1. The summed E-state index contributed by atoms with van der Waals surface area (Å²) in [6, 6.07) is 7.12. The van der Waals surface area contributed by atoms with Crippen LogP contribution >= 0.6 is 0 Å². The number of Topliss-reactive ketones (excluding diaryl/α,β-unsaturated/α-hetero) is 1. The third-order valence-corrected chi connectivity index (χ3v) is 2.57. The Hall–Kier alpha value is -1.35. The molecule has 0 radical (unpaired) electrons. The molecule has 0 spiro atoms. The van der Waals surface area contributed by atoms with Crippen molar-refractivity contribution in [3.05, 3.63) is 29.8 Å². The van der Waals surface area contributed by atoms with E-state index in [1.165, 1.54) is 0 Å². The summed E-state index contributed by atoms with van der Waals surface area (Å²) >= 11 is 0. The van der Waals surface area contributed by atoms with Gasteiger partial charge in [-0.25, -0.2) is 0 Å². The zero-order valence-corrected chi connectivity index (χ0v) is 7.99. The van der Waals surface area contributed by atoms with Gasteiger partial charge in [-0.2, -0.15) is 0 Å². The molecule has 1 aromatic rings. The Morgan fingerprint density at radius 3 is 2.64 bits per heavy atom. The number of hydrogen-bond acceptors (Lipinski definition) is 3. The normalized spacial score (nSPS) is 21.0. The third kappa shape index (κ3) is 1.77. The smallest absolute Gasteiger partial charge is 0.179 e. The van der Waals surface area contributed by atoms with Crippen molar-refractivity contribution in [2.24, 2.45) is 0 Å². The van der Waals surface area contributed by atoms with Gasteiger partial charge in [0, 0.05) is 11.3 Å². The van der Waals surface area contributed by atoms with Crippen LogP contribution in [0, 0.1) is 0 Å². The summed E-state index contributed by atoms with van der Waals surface area (Å²) in [6.07, 6.45) is 2.04. The van der Waals surface area contributed by atoms with Crippen LogP contribution in [0.2, 0.25) is 0 Å². The molecule has 1 fully saturated rings. The van der Waals surface area contributed by atoms with E-state index < -0.39 is 0 Å². The molecule has 74 valence electrons. The first-order chi connectivity index (χ1) is 6.77. The minimum Gasteiger partial charge on any atom is -0.399 e. The van der Waals surface area contributed by atoms with E-state index in [1.54, 1.807) is 24.3 Å². The Morgan fingerprint density at radius 2 is 2.07 bits per heavy atom. The van der Waals surface area contributed by atoms with Gasteiger partial charge in [-0.1, -0.05) is 0 Å². The van der Waals surface area contributed by atoms with Crippen LogP contribution in [0.3, 0.4) is 0 Å². The Morgan fingerprint density at radius 1 is 1.36 bits per heavy atom. The predicted octanol–water partition coefficient (Wildman–Crippen LogP) is 1.20. The molecule has 1 aliphatic rings. The summed E-state index contributed by atoms with van der Waals surface area (Å²) in [5.74, 6) is 0.183. The van der Waals surface area contributed by atoms with Crippen molar-refractivity contribution in [2.45, 2.75) is 18.9 Å². The number of benzene rings is 1. The SMILES string of the molecule is Nc1ccc(C(=O)C2CCCN2)cc1. The van der Waals surface area contributed by atoms with Gasteiger partial charge in [0.15, 0.2) is 5.78 Å². The van der Waals surface area contributed by atoms with Gasteiger partial charge in [0.1, 0.15) is 0 Å². The van der Waals surface area contributed by atoms with Gasteiger partial charge < -0.3 is 11.1 Å². The number of ketones is 1. The van der Waals surface area contributed by atoms with Crippen molar-refractivity contribution < 1.29 is 4.79 Å². The number of hydrogen-bond donors (Lipinski definition) is 2. The zero-order chi connectivity index (χ0) is 9.97. The van der Waals surface area contributed by atoms with Gasteiger partial charge in [0.25, 0.3) is 0 Å². The van der Waals surface area contributed by atoms with Crippen LogP contribution in [0.5, 0.6) is 0 Å². The molecule has 14 heavy (non-hydrogen) atoms. The van der Waals surface area contributed by atoms with Gasteiger partial charge in [-0.15, -0.1) is 0 Å². The molecule has 1 aliphatic heterocycles. The number of anilines is 1. The van der Waals surface area contributed by atoms with E-state index in [-0.39, 0.29) is 11.8 Å². The lowest BCUT2D eigenvalue weighted by Crippen LogP contribution is -2.30. The van der Waals surface area contributed by atoms with E-state index >= 15 is 0 Å². The second-order valence-electron chi connectivity index (χ2n) is 3.64. The first-order valence-corrected chi connectivity index (χ1v) is 4.90. The third-order valence-electron chi connectivity index (χ3n) is 2.57. The molecule has 1 atom stereocenters. The molecular formula is C11H14N2O. The molecule has 0 amide bonds. The fourth-order valence-corrected chi connectivity index (χ4v) is 1.76. The van der Waals surface area contributed by atoms with Crippen LogP contribution in [0.25, 0.3) is 0 Å². The highest BCUT2D eigenvalue weighted by Gasteiger charge is 2.22. The van der Waals surface area contributed by atoms with Crippen LogP contribution in [-0.2, 0) is 0 Å². The van der Waals surface area contributed by atoms with Crippen molar-refractivity contribution in [3.63, 3.8) is 0 Å². The fourth-order valence-electron chi connectivity index (χ4n) is 1.76. The molecule has 1 saturated heterocycles. The average Bonchev–Trinajstić information content (AvgIpc) is 2.71. The highest BCUT2D eigenvalue weighted by atomic mass is 16.1. The lowest BCUT2D eigenvalue weighted by molar-refractivity contribution is 0.0952. The molecule has 3 N–H and O–H groups in total. The zero-order valence-electron chi connectivity index (χ0n) is 7.99. The van der Waals surface area contributed by atoms with Gasteiger partial charge in [0.2, 0.25) is 0 Å². The average molecular weight is 190 g/mol. The van der Waals surface area contributed by atoms with Gasteiger partial charge >= 0.3 is 0 Å². The van der Waals surface area contributed by atoms with Gasteiger partial charge in [-0.05, 0) is 43.7 Å². The first-order valence-electron chi connectivity index (χ1n) is 4.90. The van der Waals surface area contributed by atoms with E-state index in [2.05, 4.69) is 5.32 Å². The molecule has 0 bridgehead atoms. The van der Waals surface area contributed by atoms with E-state index in [0.717, 1.165) is 24.9 Å². The molecule has 1 unspecified atom stereocenters. The van der Waals surface area contributed by atoms with Crippen molar-refractivity contribution in [3.8, 4) is 0 Å². The minimum absolute atomic E-state index is 0.0126. The second-order valence-corrected chi connectivity index (χ2v) is 3.64.